The highest BCUT2D eigenvalue weighted by Crippen LogP contribution is 2.45. The van der Waals surface area contributed by atoms with Crippen LogP contribution in [-0.4, -0.2) is 4.57 Å². The molecule has 1 heterocycles. The Kier molecular flexibility index (Phi) is 7.53. The van der Waals surface area contributed by atoms with Crippen molar-refractivity contribution in [3.63, 3.8) is 0 Å². The molecule has 0 amide bonds. The molecule has 2 nitrogen and oxygen atoms in total. The van der Waals surface area contributed by atoms with Crippen molar-refractivity contribution in [1.29, 1.82) is 0 Å². The van der Waals surface area contributed by atoms with Gasteiger partial charge in [-0.25, -0.2) is 0 Å². The molecule has 0 aliphatic carbocycles. The molecular formula is C54H36N2. The molecule has 0 bridgehead atoms. The van der Waals surface area contributed by atoms with Gasteiger partial charge in [0.1, 0.15) is 0 Å². The lowest BCUT2D eigenvalue weighted by Gasteiger charge is -2.29. The molecule has 0 unspecified atom stereocenters. The lowest BCUT2D eigenvalue weighted by atomic mass is 9.93. The van der Waals surface area contributed by atoms with Crippen LogP contribution in [-0.2, 0) is 0 Å². The lowest BCUT2D eigenvalue weighted by Crippen LogP contribution is -2.11. The van der Waals surface area contributed by atoms with Gasteiger partial charge >= 0.3 is 0 Å². The molecule has 10 aromatic carbocycles. The average molecular weight is 713 g/mol. The first kappa shape index (κ1) is 32.0. The lowest BCUT2D eigenvalue weighted by molar-refractivity contribution is 1.18. The standard InChI is InChI=1S/C54H36N2/c1-2-17-37(18-3-1)41-21-8-12-29-51(41)55(40-33-34-47-45-25-5-4-23-43(45)44-24-6-7-26-46(44)50(47)36-40)39-20-16-19-38(35-39)42-22-9-13-30-52(42)56-53-31-14-10-27-48(53)49-28-11-15-32-54(49)56/h1-36H. The third kappa shape index (κ3) is 5.11. The first-order chi connectivity index (χ1) is 27.8. The number of benzene rings is 10. The minimum Gasteiger partial charge on any atom is -0.310 e. The number of fused-ring (bicyclic) bond motifs is 9. The normalized spacial score (nSPS) is 11.6. The van der Waals surface area contributed by atoms with Crippen molar-refractivity contribution in [2.24, 2.45) is 0 Å². The van der Waals surface area contributed by atoms with Crippen LogP contribution in [0, 0.1) is 0 Å². The summed E-state index contributed by atoms with van der Waals surface area (Å²) in [6.07, 6.45) is 0. The summed E-state index contributed by atoms with van der Waals surface area (Å²) in [5.41, 5.74) is 11.6. The van der Waals surface area contributed by atoms with Gasteiger partial charge in [0.2, 0.25) is 0 Å². The van der Waals surface area contributed by atoms with Crippen LogP contribution in [0.4, 0.5) is 17.1 Å². The molecule has 262 valence electrons. The van der Waals surface area contributed by atoms with E-state index in [9.17, 15) is 0 Å². The highest BCUT2D eigenvalue weighted by molar-refractivity contribution is 6.26. The molecule has 0 radical (unpaired) electrons. The molecule has 1 aromatic heterocycles. The largest absolute Gasteiger partial charge is 0.310 e. The van der Waals surface area contributed by atoms with Gasteiger partial charge in [0.15, 0.2) is 0 Å². The molecule has 11 rings (SSSR count). The Morgan fingerprint density at radius 3 is 1.45 bits per heavy atom. The van der Waals surface area contributed by atoms with E-state index in [2.05, 4.69) is 228 Å². The van der Waals surface area contributed by atoms with Crippen molar-refractivity contribution in [3.8, 4) is 27.9 Å². The number of hydrogen-bond acceptors (Lipinski definition) is 1. The molecule has 0 aliphatic heterocycles. The molecule has 0 saturated heterocycles. The average Bonchev–Trinajstić information content (AvgIpc) is 3.61. The van der Waals surface area contributed by atoms with Gasteiger partial charge < -0.3 is 9.47 Å². The summed E-state index contributed by atoms with van der Waals surface area (Å²) in [5, 5.41) is 10.1. The smallest absolute Gasteiger partial charge is 0.0541 e. The number of hydrogen-bond donors (Lipinski definition) is 0. The predicted molar refractivity (Wildman–Crippen MR) is 239 cm³/mol. The summed E-state index contributed by atoms with van der Waals surface area (Å²) in [5.74, 6) is 0. The Hall–Kier alpha value is -7.42. The number of rotatable bonds is 6. The molecule has 0 spiro atoms. The SMILES string of the molecule is c1ccc(-c2ccccc2N(c2cccc(-c3ccccc3-n3c4ccccc4c4ccccc43)c2)c2ccc3c4ccccc4c4ccccc4c3c2)cc1. The minimum atomic E-state index is 1.09. The summed E-state index contributed by atoms with van der Waals surface area (Å²) >= 11 is 0. The molecule has 0 fully saturated rings. The zero-order valence-electron chi connectivity index (χ0n) is 30.7. The van der Waals surface area contributed by atoms with E-state index in [0.717, 1.165) is 28.3 Å². The highest BCUT2D eigenvalue weighted by Gasteiger charge is 2.21. The number of nitrogens with zero attached hydrogens (tertiary/aromatic N) is 2. The van der Waals surface area contributed by atoms with Gasteiger partial charge in [-0.3, -0.25) is 0 Å². The van der Waals surface area contributed by atoms with Crippen LogP contribution >= 0.6 is 0 Å². The summed E-state index contributed by atoms with van der Waals surface area (Å²) in [6.45, 7) is 0. The zero-order valence-corrected chi connectivity index (χ0v) is 30.7. The van der Waals surface area contributed by atoms with Gasteiger partial charge in [-0.1, -0.05) is 170 Å². The third-order valence-electron chi connectivity index (χ3n) is 11.4. The molecule has 0 saturated carbocycles. The summed E-state index contributed by atoms with van der Waals surface area (Å²) < 4.78 is 2.42. The predicted octanol–water partition coefficient (Wildman–Crippen LogP) is 15.0. The van der Waals surface area contributed by atoms with Gasteiger partial charge in [-0.05, 0) is 92.0 Å². The van der Waals surface area contributed by atoms with E-state index in [1.165, 1.54) is 70.8 Å². The van der Waals surface area contributed by atoms with Crippen molar-refractivity contribution in [2.75, 3.05) is 4.90 Å². The molecule has 0 aliphatic rings. The van der Waals surface area contributed by atoms with Crippen LogP contribution in [0.5, 0.6) is 0 Å². The molecule has 2 heteroatoms. The maximum absolute atomic E-state index is 2.44. The van der Waals surface area contributed by atoms with Gasteiger partial charge in [0.25, 0.3) is 0 Å². The van der Waals surface area contributed by atoms with Crippen LogP contribution in [0.2, 0.25) is 0 Å². The molecule has 0 atom stereocenters. The fraction of sp³-hybridized carbons (Fsp3) is 0. The van der Waals surface area contributed by atoms with Crippen LogP contribution < -0.4 is 4.90 Å². The van der Waals surface area contributed by atoms with Crippen LogP contribution in [0.25, 0.3) is 82.1 Å². The first-order valence-electron chi connectivity index (χ1n) is 19.3. The molecular weight excluding hydrogens is 677 g/mol. The Labute approximate surface area is 325 Å². The van der Waals surface area contributed by atoms with Crippen LogP contribution in [0.15, 0.2) is 218 Å². The number of anilines is 3. The van der Waals surface area contributed by atoms with Crippen molar-refractivity contribution < 1.29 is 0 Å². The van der Waals surface area contributed by atoms with E-state index in [0.29, 0.717) is 0 Å². The quantitative estimate of drug-likeness (QED) is 0.156. The maximum Gasteiger partial charge on any atom is 0.0541 e. The van der Waals surface area contributed by atoms with E-state index in [-0.39, 0.29) is 0 Å². The number of para-hydroxylation sites is 4. The highest BCUT2D eigenvalue weighted by atomic mass is 15.1. The Balaban J connectivity index is 1.16. The molecule has 0 N–H and O–H groups in total. The summed E-state index contributed by atoms with van der Waals surface area (Å²) in [6, 6.07) is 79.5. The van der Waals surface area contributed by atoms with Crippen molar-refractivity contribution in [1.82, 2.24) is 4.57 Å². The van der Waals surface area contributed by atoms with E-state index in [4.69, 9.17) is 0 Å². The molecule has 56 heavy (non-hydrogen) atoms. The number of aromatic nitrogens is 1. The van der Waals surface area contributed by atoms with Gasteiger partial charge in [0.05, 0.1) is 22.4 Å². The zero-order chi connectivity index (χ0) is 37.0. The van der Waals surface area contributed by atoms with Crippen molar-refractivity contribution in [3.05, 3.63) is 218 Å². The van der Waals surface area contributed by atoms with Crippen LogP contribution in [0.1, 0.15) is 0 Å². The monoisotopic (exact) mass is 712 g/mol. The Morgan fingerprint density at radius 2 is 0.768 bits per heavy atom. The third-order valence-corrected chi connectivity index (χ3v) is 11.4. The Bertz CT molecular complexity index is 3180. The second-order valence-corrected chi connectivity index (χ2v) is 14.5. The fourth-order valence-corrected chi connectivity index (χ4v) is 8.90. The molecule has 11 aromatic rings. The van der Waals surface area contributed by atoms with Gasteiger partial charge in [-0.15, -0.1) is 0 Å². The van der Waals surface area contributed by atoms with Crippen molar-refractivity contribution in [2.45, 2.75) is 0 Å². The second-order valence-electron chi connectivity index (χ2n) is 14.5. The van der Waals surface area contributed by atoms with Gasteiger partial charge in [0, 0.05) is 33.3 Å². The first-order valence-corrected chi connectivity index (χ1v) is 19.3. The van der Waals surface area contributed by atoms with Crippen LogP contribution in [0.3, 0.4) is 0 Å². The second kappa shape index (κ2) is 13.2. The maximum atomic E-state index is 2.44. The summed E-state index contributed by atoms with van der Waals surface area (Å²) in [4.78, 5) is 2.44. The van der Waals surface area contributed by atoms with Gasteiger partial charge in [-0.2, -0.15) is 0 Å². The summed E-state index contributed by atoms with van der Waals surface area (Å²) in [7, 11) is 0. The minimum absolute atomic E-state index is 1.09. The fourth-order valence-electron chi connectivity index (χ4n) is 8.90. The van der Waals surface area contributed by atoms with E-state index in [1.807, 2.05) is 0 Å². The van der Waals surface area contributed by atoms with Crippen molar-refractivity contribution >= 4 is 71.2 Å². The van der Waals surface area contributed by atoms with E-state index in [1.54, 1.807) is 0 Å². The Morgan fingerprint density at radius 1 is 0.286 bits per heavy atom. The topological polar surface area (TPSA) is 8.17 Å². The van der Waals surface area contributed by atoms with E-state index < -0.39 is 0 Å². The van der Waals surface area contributed by atoms with E-state index >= 15 is 0 Å².